The zero-order chi connectivity index (χ0) is 12.7. The maximum Gasteiger partial charge on any atom is 0.317 e. The van der Waals surface area contributed by atoms with Gasteiger partial charge in [0.25, 0.3) is 0 Å². The highest BCUT2D eigenvalue weighted by molar-refractivity contribution is 5.99. The standard InChI is InChI=1S/C12H12O5/c1-16-11(14)7-12(15)17-8-10(13)9-5-3-2-4-6-9/h2-6H,7-8H2,1H3. The molecule has 0 saturated heterocycles. The smallest absolute Gasteiger partial charge is 0.317 e. The molecule has 0 heterocycles. The zero-order valence-corrected chi connectivity index (χ0v) is 9.34. The number of Topliss-reactive ketones (excluding diaryl/α,β-unsaturated/α-hetero) is 1. The van der Waals surface area contributed by atoms with E-state index < -0.39 is 18.4 Å². The predicted molar refractivity (Wildman–Crippen MR) is 58.4 cm³/mol. The summed E-state index contributed by atoms with van der Waals surface area (Å²) in [7, 11) is 1.17. The summed E-state index contributed by atoms with van der Waals surface area (Å²) in [5.74, 6) is -1.79. The quantitative estimate of drug-likeness (QED) is 0.433. The maximum atomic E-state index is 11.5. The molecule has 0 unspecified atom stereocenters. The fraction of sp³-hybridized carbons (Fsp3) is 0.250. The minimum absolute atomic E-state index is 0.316. The van der Waals surface area contributed by atoms with Crippen molar-refractivity contribution in [1.29, 1.82) is 0 Å². The Balaban J connectivity index is 2.39. The van der Waals surface area contributed by atoms with Gasteiger partial charge < -0.3 is 9.47 Å². The second-order valence-corrected chi connectivity index (χ2v) is 3.20. The van der Waals surface area contributed by atoms with Crippen molar-refractivity contribution in [2.24, 2.45) is 0 Å². The fourth-order valence-corrected chi connectivity index (χ4v) is 1.09. The number of benzene rings is 1. The first kappa shape index (κ1) is 12.9. The number of esters is 2. The van der Waals surface area contributed by atoms with Crippen LogP contribution in [0.3, 0.4) is 0 Å². The molecule has 1 aromatic carbocycles. The summed E-state index contributed by atoms with van der Waals surface area (Å²) < 4.78 is 8.93. The van der Waals surface area contributed by atoms with Gasteiger partial charge in [0.2, 0.25) is 0 Å². The Kier molecular flexibility index (Phi) is 4.87. The minimum Gasteiger partial charge on any atom is -0.469 e. The first-order chi connectivity index (χ1) is 8.13. The molecule has 0 amide bonds. The summed E-state index contributed by atoms with van der Waals surface area (Å²) in [6.07, 6.45) is -0.488. The third-order valence-corrected chi connectivity index (χ3v) is 1.98. The normalized spacial score (nSPS) is 9.47. The molecular weight excluding hydrogens is 224 g/mol. The Bertz CT molecular complexity index is 410. The van der Waals surface area contributed by atoms with E-state index >= 15 is 0 Å². The lowest BCUT2D eigenvalue weighted by atomic mass is 10.1. The Morgan fingerprint density at radius 3 is 2.29 bits per heavy atom. The highest BCUT2D eigenvalue weighted by atomic mass is 16.5. The van der Waals surface area contributed by atoms with Gasteiger partial charge in [-0.2, -0.15) is 0 Å². The largest absolute Gasteiger partial charge is 0.469 e. The number of hydrogen-bond donors (Lipinski definition) is 0. The van der Waals surface area contributed by atoms with Crippen LogP contribution in [-0.4, -0.2) is 31.4 Å². The van der Waals surface area contributed by atoms with Gasteiger partial charge in [0, 0.05) is 5.56 Å². The molecule has 17 heavy (non-hydrogen) atoms. The molecule has 1 rings (SSSR count). The Hall–Kier alpha value is -2.17. The average Bonchev–Trinajstić information content (AvgIpc) is 2.36. The number of rotatable bonds is 5. The third kappa shape index (κ3) is 4.46. The van der Waals surface area contributed by atoms with E-state index in [0.717, 1.165) is 0 Å². The first-order valence-electron chi connectivity index (χ1n) is 4.94. The molecule has 1 aromatic rings. The van der Waals surface area contributed by atoms with Crippen molar-refractivity contribution in [3.8, 4) is 0 Å². The van der Waals surface area contributed by atoms with Crippen LogP contribution in [0.25, 0.3) is 0 Å². The Morgan fingerprint density at radius 1 is 1.06 bits per heavy atom. The van der Waals surface area contributed by atoms with Crippen LogP contribution in [-0.2, 0) is 19.1 Å². The van der Waals surface area contributed by atoms with E-state index in [9.17, 15) is 14.4 Å². The van der Waals surface area contributed by atoms with Crippen molar-refractivity contribution < 1.29 is 23.9 Å². The van der Waals surface area contributed by atoms with E-state index in [1.807, 2.05) is 0 Å². The van der Waals surface area contributed by atoms with Gasteiger partial charge in [0.1, 0.15) is 6.42 Å². The van der Waals surface area contributed by atoms with E-state index in [-0.39, 0.29) is 12.4 Å². The number of ketones is 1. The summed E-state index contributed by atoms with van der Waals surface area (Å²) in [6.45, 7) is -0.375. The van der Waals surface area contributed by atoms with E-state index in [1.165, 1.54) is 7.11 Å². The van der Waals surface area contributed by atoms with Crippen molar-refractivity contribution in [2.75, 3.05) is 13.7 Å². The maximum absolute atomic E-state index is 11.5. The predicted octanol–water partition coefficient (Wildman–Crippen LogP) is 0.976. The molecule has 5 heteroatoms. The summed E-state index contributed by atoms with van der Waals surface area (Å²) >= 11 is 0. The number of carbonyl (C=O) groups is 3. The molecule has 0 bridgehead atoms. The molecule has 0 radical (unpaired) electrons. The lowest BCUT2D eigenvalue weighted by Crippen LogP contribution is -2.17. The number of methoxy groups -OCH3 is 1. The number of hydrogen-bond acceptors (Lipinski definition) is 5. The number of ether oxygens (including phenoxy) is 2. The summed E-state index contributed by atoms with van der Waals surface area (Å²) in [5, 5.41) is 0. The molecule has 0 spiro atoms. The van der Waals surface area contributed by atoms with Crippen LogP contribution in [0.15, 0.2) is 30.3 Å². The Labute approximate surface area is 98.3 Å². The molecule has 0 N–H and O–H groups in total. The van der Waals surface area contributed by atoms with Crippen molar-refractivity contribution in [1.82, 2.24) is 0 Å². The van der Waals surface area contributed by atoms with E-state index in [1.54, 1.807) is 30.3 Å². The molecule has 0 aromatic heterocycles. The molecule has 5 nitrogen and oxygen atoms in total. The lowest BCUT2D eigenvalue weighted by Gasteiger charge is -2.03. The minimum atomic E-state index is -0.777. The van der Waals surface area contributed by atoms with Crippen molar-refractivity contribution >= 4 is 17.7 Å². The van der Waals surface area contributed by atoms with Gasteiger partial charge in [0.15, 0.2) is 12.4 Å². The molecule has 0 aliphatic rings. The van der Waals surface area contributed by atoms with Gasteiger partial charge >= 0.3 is 11.9 Å². The molecule has 90 valence electrons. The summed E-state index contributed by atoms with van der Waals surface area (Å²) in [6, 6.07) is 8.44. The number of carbonyl (C=O) groups excluding carboxylic acids is 3. The molecule has 0 aliphatic heterocycles. The van der Waals surface area contributed by atoms with Crippen LogP contribution in [0.1, 0.15) is 16.8 Å². The van der Waals surface area contributed by atoms with Crippen LogP contribution >= 0.6 is 0 Å². The SMILES string of the molecule is COC(=O)CC(=O)OCC(=O)c1ccccc1. The average molecular weight is 236 g/mol. The van der Waals surface area contributed by atoms with E-state index in [4.69, 9.17) is 0 Å². The molecule has 0 atom stereocenters. The monoisotopic (exact) mass is 236 g/mol. The molecule has 0 aliphatic carbocycles. The first-order valence-corrected chi connectivity index (χ1v) is 4.94. The fourth-order valence-electron chi connectivity index (χ4n) is 1.09. The molecule has 0 saturated carbocycles. The van der Waals surface area contributed by atoms with Crippen molar-refractivity contribution in [2.45, 2.75) is 6.42 Å². The third-order valence-electron chi connectivity index (χ3n) is 1.98. The Morgan fingerprint density at radius 2 is 1.71 bits per heavy atom. The van der Waals surface area contributed by atoms with Gasteiger partial charge in [0.05, 0.1) is 7.11 Å². The molecule has 0 fully saturated rings. The van der Waals surface area contributed by atoms with Crippen LogP contribution in [0.4, 0.5) is 0 Å². The van der Waals surface area contributed by atoms with Gasteiger partial charge in [-0.1, -0.05) is 30.3 Å². The van der Waals surface area contributed by atoms with Gasteiger partial charge in [-0.05, 0) is 0 Å². The highest BCUT2D eigenvalue weighted by Crippen LogP contribution is 2.01. The van der Waals surface area contributed by atoms with Crippen LogP contribution < -0.4 is 0 Å². The zero-order valence-electron chi connectivity index (χ0n) is 9.34. The van der Waals surface area contributed by atoms with Crippen LogP contribution in [0.5, 0.6) is 0 Å². The second kappa shape index (κ2) is 6.42. The van der Waals surface area contributed by atoms with Crippen LogP contribution in [0.2, 0.25) is 0 Å². The highest BCUT2D eigenvalue weighted by Gasteiger charge is 2.13. The van der Waals surface area contributed by atoms with Gasteiger partial charge in [-0.3, -0.25) is 14.4 Å². The van der Waals surface area contributed by atoms with Gasteiger partial charge in [-0.25, -0.2) is 0 Å². The summed E-state index contributed by atoms with van der Waals surface area (Å²) in [4.78, 5) is 33.3. The lowest BCUT2D eigenvalue weighted by molar-refractivity contribution is -0.152. The van der Waals surface area contributed by atoms with Gasteiger partial charge in [-0.15, -0.1) is 0 Å². The topological polar surface area (TPSA) is 69.7 Å². The van der Waals surface area contributed by atoms with Crippen molar-refractivity contribution in [3.05, 3.63) is 35.9 Å². The van der Waals surface area contributed by atoms with Crippen molar-refractivity contribution in [3.63, 3.8) is 0 Å². The summed E-state index contributed by atoms with van der Waals surface area (Å²) in [5.41, 5.74) is 0.457. The van der Waals surface area contributed by atoms with Crippen LogP contribution in [0, 0.1) is 0 Å². The second-order valence-electron chi connectivity index (χ2n) is 3.20. The molecular formula is C12H12O5. The van der Waals surface area contributed by atoms with E-state index in [0.29, 0.717) is 5.56 Å². The van der Waals surface area contributed by atoms with E-state index in [2.05, 4.69) is 9.47 Å².